The fourth-order valence-electron chi connectivity index (χ4n) is 4.02. The Balaban J connectivity index is 1.35. The van der Waals surface area contributed by atoms with Crippen molar-refractivity contribution in [2.45, 2.75) is 19.5 Å². The molecule has 0 unspecified atom stereocenters. The van der Waals surface area contributed by atoms with Crippen LogP contribution in [0.5, 0.6) is 0 Å². The molecular weight excluding hydrogens is 392 g/mol. The summed E-state index contributed by atoms with van der Waals surface area (Å²) in [6, 6.07) is 13.4. The third kappa shape index (κ3) is 3.56. The van der Waals surface area contributed by atoms with Gasteiger partial charge in [-0.3, -0.25) is 19.7 Å². The topological polar surface area (TPSA) is 98.0 Å². The number of para-hydroxylation sites is 1. The lowest BCUT2D eigenvalue weighted by molar-refractivity contribution is 0.0717. The first-order valence-corrected chi connectivity index (χ1v) is 10.2. The van der Waals surface area contributed by atoms with Crippen LogP contribution in [0.25, 0.3) is 10.9 Å². The number of carbonyl (C=O) groups excluding carboxylic acids is 2. The Hall–Kier alpha value is -3.94. The summed E-state index contributed by atoms with van der Waals surface area (Å²) in [5.74, 6) is -0.249. The Kier molecular flexibility index (Phi) is 4.74. The Morgan fingerprint density at radius 3 is 2.77 bits per heavy atom. The van der Waals surface area contributed by atoms with Crippen LogP contribution in [0.2, 0.25) is 0 Å². The summed E-state index contributed by atoms with van der Waals surface area (Å²) in [5.41, 5.74) is 4.56. The monoisotopic (exact) mass is 414 g/mol. The minimum Gasteiger partial charge on any atom is -0.351 e. The zero-order chi connectivity index (χ0) is 21.4. The number of amides is 2. The second kappa shape index (κ2) is 7.71. The van der Waals surface area contributed by atoms with Crippen molar-refractivity contribution in [3.05, 3.63) is 83.1 Å². The second-order valence-electron chi connectivity index (χ2n) is 7.79. The Morgan fingerprint density at radius 1 is 1.16 bits per heavy atom. The van der Waals surface area contributed by atoms with Crippen molar-refractivity contribution in [1.29, 1.82) is 0 Å². The first-order valence-electron chi connectivity index (χ1n) is 10.2. The van der Waals surface area contributed by atoms with Crippen LogP contribution in [0.4, 0.5) is 0 Å². The molecule has 2 amide bonds. The maximum Gasteiger partial charge on any atom is 0.274 e. The molecule has 8 nitrogen and oxygen atoms in total. The number of nitrogens with one attached hydrogen (secondary N) is 2. The highest BCUT2D eigenvalue weighted by molar-refractivity contribution is 5.98. The van der Waals surface area contributed by atoms with E-state index in [2.05, 4.69) is 20.2 Å². The highest BCUT2D eigenvalue weighted by Crippen LogP contribution is 2.24. The molecule has 4 aromatic rings. The number of nitrogens with zero attached hydrogens (tertiary/aromatic N) is 4. The number of fused-ring (bicyclic) bond motifs is 2. The maximum atomic E-state index is 13.1. The Labute approximate surface area is 178 Å². The first kappa shape index (κ1) is 19.0. The third-order valence-electron chi connectivity index (χ3n) is 5.70. The van der Waals surface area contributed by atoms with Crippen LogP contribution in [0, 0.1) is 0 Å². The summed E-state index contributed by atoms with van der Waals surface area (Å²) >= 11 is 0. The Bertz CT molecular complexity index is 1230. The summed E-state index contributed by atoms with van der Waals surface area (Å²) < 4.78 is 0. The summed E-state index contributed by atoms with van der Waals surface area (Å²) in [7, 11) is 1.75. The predicted octanol–water partition coefficient (Wildman–Crippen LogP) is 2.76. The third-order valence-corrected chi connectivity index (χ3v) is 5.70. The first-order chi connectivity index (χ1) is 15.1. The highest BCUT2D eigenvalue weighted by atomic mass is 16.2. The smallest absolute Gasteiger partial charge is 0.274 e. The molecule has 0 saturated heterocycles. The highest BCUT2D eigenvalue weighted by Gasteiger charge is 2.30. The quantitative estimate of drug-likeness (QED) is 0.537. The molecule has 2 N–H and O–H groups in total. The van der Waals surface area contributed by atoms with E-state index in [1.54, 1.807) is 29.2 Å². The van der Waals surface area contributed by atoms with E-state index in [-0.39, 0.29) is 11.8 Å². The van der Waals surface area contributed by atoms with Gasteiger partial charge in [0.1, 0.15) is 5.69 Å². The number of benzene rings is 1. The van der Waals surface area contributed by atoms with Gasteiger partial charge in [-0.1, -0.05) is 18.2 Å². The zero-order valence-electron chi connectivity index (χ0n) is 17.1. The molecule has 3 aromatic heterocycles. The lowest BCUT2D eigenvalue weighted by Crippen LogP contribution is -2.37. The summed E-state index contributed by atoms with van der Waals surface area (Å²) in [6.07, 6.45) is 4.05. The molecule has 1 aromatic carbocycles. The van der Waals surface area contributed by atoms with Crippen LogP contribution in [0.15, 0.2) is 54.9 Å². The molecule has 0 bridgehead atoms. The number of aromatic amines is 2. The zero-order valence-corrected chi connectivity index (χ0v) is 17.1. The summed E-state index contributed by atoms with van der Waals surface area (Å²) in [5, 5.41) is 8.28. The van der Waals surface area contributed by atoms with E-state index in [1.165, 1.54) is 0 Å². The SMILES string of the molecule is CN(Cc1ccncc1)C(=O)c1n[nH]c2c1CN(C(=O)c1cc3ccccc3[nH]1)CC2. The molecular formula is C23H22N6O2. The maximum absolute atomic E-state index is 13.1. The van der Waals surface area contributed by atoms with Crippen molar-refractivity contribution in [3.63, 3.8) is 0 Å². The van der Waals surface area contributed by atoms with Gasteiger partial charge in [-0.25, -0.2) is 0 Å². The molecule has 156 valence electrons. The van der Waals surface area contributed by atoms with Gasteiger partial charge in [0.25, 0.3) is 11.8 Å². The number of aromatic nitrogens is 4. The molecule has 0 aliphatic carbocycles. The van der Waals surface area contributed by atoms with E-state index < -0.39 is 0 Å². The molecule has 31 heavy (non-hydrogen) atoms. The number of carbonyl (C=O) groups is 2. The van der Waals surface area contributed by atoms with Crippen LogP contribution in [0.1, 0.15) is 37.8 Å². The molecule has 0 spiro atoms. The molecule has 0 saturated carbocycles. The Morgan fingerprint density at radius 2 is 1.97 bits per heavy atom. The minimum absolute atomic E-state index is 0.0772. The van der Waals surface area contributed by atoms with Gasteiger partial charge >= 0.3 is 0 Å². The molecule has 0 fully saturated rings. The number of H-pyrrole nitrogens is 2. The number of rotatable bonds is 4. The van der Waals surface area contributed by atoms with E-state index in [9.17, 15) is 9.59 Å². The van der Waals surface area contributed by atoms with Crippen molar-refractivity contribution in [2.24, 2.45) is 0 Å². The van der Waals surface area contributed by atoms with Gasteiger partial charge in [0.15, 0.2) is 5.69 Å². The van der Waals surface area contributed by atoms with Gasteiger partial charge in [-0.2, -0.15) is 5.10 Å². The molecule has 5 rings (SSSR count). The van der Waals surface area contributed by atoms with Crippen molar-refractivity contribution in [3.8, 4) is 0 Å². The molecule has 8 heteroatoms. The standard InChI is InChI=1S/C23H22N6O2/c1-28(13-15-6-9-24-10-7-15)23(31)21-17-14-29(11-8-19(17)26-27-21)22(30)20-12-16-4-2-3-5-18(16)25-20/h2-7,9-10,12,25H,8,11,13-14H2,1H3,(H,26,27). The summed E-state index contributed by atoms with van der Waals surface area (Å²) in [4.78, 5) is 36.8. The van der Waals surface area contributed by atoms with E-state index >= 15 is 0 Å². The summed E-state index contributed by atoms with van der Waals surface area (Å²) in [6.45, 7) is 1.38. The van der Waals surface area contributed by atoms with Gasteiger partial charge in [-0.05, 0) is 29.8 Å². The molecule has 1 aliphatic heterocycles. The second-order valence-corrected chi connectivity index (χ2v) is 7.79. The average molecular weight is 414 g/mol. The average Bonchev–Trinajstić information content (AvgIpc) is 3.42. The fraction of sp³-hybridized carbons (Fsp3) is 0.217. The van der Waals surface area contributed by atoms with Crippen molar-refractivity contribution < 1.29 is 9.59 Å². The van der Waals surface area contributed by atoms with Gasteiger partial charge in [0.2, 0.25) is 0 Å². The number of pyridine rings is 1. The molecule has 0 atom stereocenters. The largest absolute Gasteiger partial charge is 0.351 e. The van der Waals surface area contributed by atoms with Crippen molar-refractivity contribution in [2.75, 3.05) is 13.6 Å². The number of hydrogen-bond acceptors (Lipinski definition) is 4. The van der Waals surface area contributed by atoms with E-state index in [4.69, 9.17) is 0 Å². The predicted molar refractivity (Wildman–Crippen MR) is 115 cm³/mol. The fourth-order valence-corrected chi connectivity index (χ4v) is 4.02. The van der Waals surface area contributed by atoms with E-state index in [0.717, 1.165) is 27.7 Å². The van der Waals surface area contributed by atoms with Crippen LogP contribution in [-0.4, -0.2) is 55.4 Å². The lowest BCUT2D eigenvalue weighted by Gasteiger charge is -2.27. The normalized spacial score (nSPS) is 13.3. The van der Waals surface area contributed by atoms with Crippen molar-refractivity contribution >= 4 is 22.7 Å². The lowest BCUT2D eigenvalue weighted by atomic mass is 10.0. The van der Waals surface area contributed by atoms with E-state index in [1.807, 2.05) is 42.5 Å². The van der Waals surface area contributed by atoms with Crippen LogP contribution in [-0.2, 0) is 19.5 Å². The minimum atomic E-state index is -0.172. The van der Waals surface area contributed by atoms with Gasteiger partial charge < -0.3 is 14.8 Å². The van der Waals surface area contributed by atoms with E-state index in [0.29, 0.717) is 37.4 Å². The molecule has 0 radical (unpaired) electrons. The molecule has 4 heterocycles. The van der Waals surface area contributed by atoms with Crippen LogP contribution < -0.4 is 0 Å². The van der Waals surface area contributed by atoms with Crippen LogP contribution in [0.3, 0.4) is 0 Å². The number of hydrogen-bond donors (Lipinski definition) is 2. The van der Waals surface area contributed by atoms with Gasteiger partial charge in [0, 0.05) is 61.1 Å². The van der Waals surface area contributed by atoms with Gasteiger partial charge in [-0.15, -0.1) is 0 Å². The van der Waals surface area contributed by atoms with Crippen molar-refractivity contribution in [1.82, 2.24) is 30.0 Å². The van der Waals surface area contributed by atoms with Gasteiger partial charge in [0.05, 0.1) is 6.54 Å². The van der Waals surface area contributed by atoms with Crippen LogP contribution >= 0.6 is 0 Å². The molecule has 1 aliphatic rings.